The topological polar surface area (TPSA) is 6.48 Å². The van der Waals surface area contributed by atoms with Gasteiger partial charge in [-0.25, -0.2) is 0 Å². The molecule has 0 aromatic heterocycles. The molecule has 2 heterocycles. The molecule has 2 aliphatic heterocycles. The first-order valence-corrected chi connectivity index (χ1v) is 8.93. The van der Waals surface area contributed by atoms with Gasteiger partial charge in [-0.1, -0.05) is 0 Å². The molecule has 2 rings (SSSR count). The molecule has 0 saturated carbocycles. The van der Waals surface area contributed by atoms with Gasteiger partial charge in [-0.3, -0.25) is 0 Å². The Balaban J connectivity index is 0.000000980. The summed E-state index contributed by atoms with van der Waals surface area (Å²) in [6, 6.07) is 0. The first-order valence-electron chi connectivity index (χ1n) is 5.71. The summed E-state index contributed by atoms with van der Waals surface area (Å²) in [4.78, 5) is 0. The zero-order chi connectivity index (χ0) is 8.93. The van der Waals surface area contributed by atoms with E-state index in [4.69, 9.17) is 0 Å². The molecule has 5 heteroatoms. The van der Waals surface area contributed by atoms with Gasteiger partial charge in [0.25, 0.3) is 0 Å². The molecule has 88 valence electrons. The van der Waals surface area contributed by atoms with Crippen molar-refractivity contribution in [2.24, 2.45) is 0 Å². The minimum atomic E-state index is -0.519. The Kier molecular flexibility index (Phi) is 9.14. The van der Waals surface area contributed by atoms with Gasteiger partial charge in [-0.15, -0.1) is 0 Å². The number of halogens is 2. The number of nitrogens with zero attached hydrogens (tertiary/aromatic N) is 2. The Morgan fingerprint density at radius 1 is 0.533 bits per heavy atom. The van der Waals surface area contributed by atoms with E-state index in [1.165, 1.54) is 64.7 Å². The molecule has 15 heavy (non-hydrogen) atoms. The Labute approximate surface area is 103 Å². The number of hydrogen-bond acceptors (Lipinski definition) is 2. The summed E-state index contributed by atoms with van der Waals surface area (Å²) < 4.78 is 5.66. The fourth-order valence-electron chi connectivity index (χ4n) is 2.19. The Bertz CT molecular complexity index is 132. The molecular weight excluding hydrogens is 365 g/mol. The van der Waals surface area contributed by atoms with E-state index in [1.807, 2.05) is 0 Å². The van der Waals surface area contributed by atoms with Gasteiger partial charge in [0.15, 0.2) is 0 Å². The van der Waals surface area contributed by atoms with Gasteiger partial charge < -0.3 is 9.41 Å². The molecule has 0 aromatic carbocycles. The smallest absolute Gasteiger partial charge is 1.00 e. The molecule has 2 saturated heterocycles. The average Bonchev–Trinajstić information content (AvgIpc) is 2.21. The molecule has 0 aliphatic carbocycles. The summed E-state index contributed by atoms with van der Waals surface area (Å²) in [7, 11) is 0. The largest absolute Gasteiger partial charge is 1.00 e. The maximum Gasteiger partial charge on any atom is -1.00 e. The third kappa shape index (κ3) is 5.50. The van der Waals surface area contributed by atoms with Crippen LogP contribution in [0.25, 0.3) is 0 Å². The van der Waals surface area contributed by atoms with Crippen LogP contribution in [0.3, 0.4) is 0 Å². The molecule has 0 radical (unpaired) electrons. The first-order chi connectivity index (χ1) is 6.45. The molecule has 0 atom stereocenters. The summed E-state index contributed by atoms with van der Waals surface area (Å²) >= 11 is -0.519. The van der Waals surface area contributed by atoms with E-state index >= 15 is 0 Å². The van der Waals surface area contributed by atoms with E-state index in [-0.39, 0.29) is 9.41 Å². The molecule has 0 spiro atoms. The van der Waals surface area contributed by atoms with Crippen LogP contribution in [0, 0.1) is 0 Å². The molecule has 2 aliphatic rings. The van der Waals surface area contributed by atoms with Crippen LogP contribution >= 0.6 is 0 Å². The van der Waals surface area contributed by atoms with Gasteiger partial charge in [0.1, 0.15) is 0 Å². The summed E-state index contributed by atoms with van der Waals surface area (Å²) in [5, 5.41) is 0. The molecular formula is C10H20F2HfN2. The van der Waals surface area contributed by atoms with Crippen LogP contribution in [-0.4, -0.2) is 32.0 Å². The van der Waals surface area contributed by atoms with E-state index < -0.39 is 23.5 Å². The molecule has 0 N–H and O–H groups in total. The van der Waals surface area contributed by atoms with Crippen molar-refractivity contribution in [3.05, 3.63) is 0 Å². The van der Waals surface area contributed by atoms with Gasteiger partial charge in [-0.05, 0) is 0 Å². The van der Waals surface area contributed by atoms with Crippen molar-refractivity contribution in [1.82, 2.24) is 5.78 Å². The Hall–Kier alpha value is 0.650. The SMILES string of the molecule is C1CC[N]([Hf+2][N]2CCCCC2)CC1.[F-].[F-]. The first kappa shape index (κ1) is 15.7. The van der Waals surface area contributed by atoms with Crippen molar-refractivity contribution in [2.45, 2.75) is 38.5 Å². The summed E-state index contributed by atoms with van der Waals surface area (Å²) in [6.07, 6.45) is 8.86. The third-order valence-corrected chi connectivity index (χ3v) is 8.24. The Morgan fingerprint density at radius 2 is 0.867 bits per heavy atom. The van der Waals surface area contributed by atoms with Crippen molar-refractivity contribution in [3.8, 4) is 0 Å². The summed E-state index contributed by atoms with van der Waals surface area (Å²) in [6.45, 7) is 5.72. The minimum Gasteiger partial charge on any atom is -1.00 e. The second-order valence-electron chi connectivity index (χ2n) is 4.20. The number of hydrogen-bond donors (Lipinski definition) is 0. The van der Waals surface area contributed by atoms with Crippen LogP contribution in [-0.2, 0) is 23.5 Å². The zero-order valence-electron chi connectivity index (χ0n) is 9.22. The monoisotopic (exact) mass is 386 g/mol. The van der Waals surface area contributed by atoms with Gasteiger partial charge in [0.05, 0.1) is 0 Å². The van der Waals surface area contributed by atoms with Crippen LogP contribution in [0.5, 0.6) is 0 Å². The molecule has 0 amide bonds. The van der Waals surface area contributed by atoms with Gasteiger partial charge >= 0.3 is 94.0 Å². The van der Waals surface area contributed by atoms with Gasteiger partial charge in [0.2, 0.25) is 0 Å². The van der Waals surface area contributed by atoms with E-state index in [2.05, 4.69) is 5.78 Å². The quantitative estimate of drug-likeness (QED) is 0.447. The van der Waals surface area contributed by atoms with E-state index in [1.54, 1.807) is 0 Å². The fraction of sp³-hybridized carbons (Fsp3) is 1.00. The summed E-state index contributed by atoms with van der Waals surface area (Å²) in [5.74, 6) is 0. The molecule has 0 bridgehead atoms. The molecule has 0 unspecified atom stereocenters. The van der Waals surface area contributed by atoms with Crippen molar-refractivity contribution in [2.75, 3.05) is 26.2 Å². The van der Waals surface area contributed by atoms with E-state index in [9.17, 15) is 0 Å². The van der Waals surface area contributed by atoms with Crippen LogP contribution in [0.4, 0.5) is 0 Å². The zero-order valence-corrected chi connectivity index (χ0v) is 12.8. The Morgan fingerprint density at radius 3 is 1.20 bits per heavy atom. The number of piperidine rings is 2. The maximum atomic E-state index is 2.83. The number of rotatable bonds is 2. The minimum absolute atomic E-state index is 0. The van der Waals surface area contributed by atoms with E-state index in [0.29, 0.717) is 0 Å². The predicted octanol–water partition coefficient (Wildman–Crippen LogP) is -4.12. The van der Waals surface area contributed by atoms with E-state index in [0.717, 1.165) is 0 Å². The molecule has 2 nitrogen and oxygen atoms in total. The molecule has 0 aromatic rings. The summed E-state index contributed by atoms with van der Waals surface area (Å²) in [5.41, 5.74) is 0. The fourth-order valence-corrected chi connectivity index (χ4v) is 7.33. The van der Waals surface area contributed by atoms with Gasteiger partial charge in [0, 0.05) is 0 Å². The van der Waals surface area contributed by atoms with Crippen LogP contribution in [0.1, 0.15) is 38.5 Å². The van der Waals surface area contributed by atoms with Gasteiger partial charge in [-0.2, -0.15) is 0 Å². The maximum absolute atomic E-state index is 2.83. The van der Waals surface area contributed by atoms with Crippen molar-refractivity contribution in [3.63, 3.8) is 0 Å². The van der Waals surface area contributed by atoms with Crippen molar-refractivity contribution in [1.29, 1.82) is 0 Å². The average molecular weight is 385 g/mol. The second kappa shape index (κ2) is 8.76. The standard InChI is InChI=1S/2C5H10N.2FH.Hf/c2*1-2-4-6-5-3-1;;;/h2*1-5H2;2*1H;/q2*-1;;;+4/p-2. The second-order valence-corrected chi connectivity index (χ2v) is 9.46. The van der Waals surface area contributed by atoms with Crippen molar-refractivity contribution >= 4 is 0 Å². The van der Waals surface area contributed by atoms with Crippen LogP contribution in [0.15, 0.2) is 0 Å². The predicted molar refractivity (Wildman–Crippen MR) is 50.8 cm³/mol. The van der Waals surface area contributed by atoms with Crippen LogP contribution in [0.2, 0.25) is 0 Å². The van der Waals surface area contributed by atoms with Crippen molar-refractivity contribution < 1.29 is 32.9 Å². The normalized spacial score (nSPS) is 23.5. The molecule has 2 fully saturated rings. The third-order valence-electron chi connectivity index (χ3n) is 2.99. The van der Waals surface area contributed by atoms with Crippen LogP contribution < -0.4 is 9.41 Å².